The van der Waals surface area contributed by atoms with E-state index in [4.69, 9.17) is 29.7 Å². The van der Waals surface area contributed by atoms with Gasteiger partial charge in [0, 0.05) is 232 Å². The third-order valence-corrected chi connectivity index (χ3v) is 36.6. The second kappa shape index (κ2) is 51.2. The number of nitrogens with zero attached hydrogens (tertiary/aromatic N) is 12. The van der Waals surface area contributed by atoms with Crippen LogP contribution in [-0.2, 0) is 119 Å². The van der Waals surface area contributed by atoms with Gasteiger partial charge < -0.3 is 67.8 Å². The summed E-state index contributed by atoms with van der Waals surface area (Å²) in [6.07, 6.45) is 38.0. The molecule has 39 heteroatoms. The fourth-order valence-corrected chi connectivity index (χ4v) is 29.7. The molecule has 0 saturated carbocycles. The average molecular weight is 2120 g/mol. The first kappa shape index (κ1) is 103. The Morgan fingerprint density at radius 3 is 1.17 bits per heavy atom. The molecule has 1 atom stereocenters. The largest absolute Gasteiger partial charge is 0.385 e. The Bertz CT molecular complexity index is 7080. The number of imidazole rings is 1. The van der Waals surface area contributed by atoms with Gasteiger partial charge in [-0.1, -0.05) is 43.7 Å². The van der Waals surface area contributed by atoms with Crippen LogP contribution in [0.3, 0.4) is 0 Å². The fraction of sp³-hybridized carbons (Fsp3) is 0.390. The van der Waals surface area contributed by atoms with Crippen molar-refractivity contribution in [3.8, 4) is 52.9 Å². The van der Waals surface area contributed by atoms with E-state index in [2.05, 4.69) is 126 Å². The van der Waals surface area contributed by atoms with Crippen molar-refractivity contribution in [2.24, 2.45) is 0 Å². The van der Waals surface area contributed by atoms with Crippen molar-refractivity contribution in [3.63, 3.8) is 0 Å². The minimum atomic E-state index is 0. The molecule has 3 amide bonds. The molecule has 754 valence electrons. The summed E-state index contributed by atoms with van der Waals surface area (Å²) in [6, 6.07) is 20.8. The summed E-state index contributed by atoms with van der Waals surface area (Å²) in [6.45, 7) is 17.1. The number of benzene rings is 1. The van der Waals surface area contributed by atoms with Gasteiger partial charge in [-0.15, -0.1) is 113 Å². The number of ether oxygens (including phenoxy) is 1. The van der Waals surface area contributed by atoms with Crippen LogP contribution in [0.15, 0.2) is 135 Å². The lowest BCUT2D eigenvalue weighted by molar-refractivity contribution is -0.119. The number of rotatable bonds is 37. The number of aromatic nitrogens is 12. The number of thiophene rings is 5. The number of unbranched alkanes of at least 4 members (excludes halogenated alkanes) is 3. The van der Waals surface area contributed by atoms with Crippen molar-refractivity contribution in [2.75, 3.05) is 103 Å². The number of ketones is 2. The van der Waals surface area contributed by atoms with E-state index in [1.54, 1.807) is 164 Å². The van der Waals surface area contributed by atoms with Crippen LogP contribution in [0.2, 0.25) is 0 Å². The van der Waals surface area contributed by atoms with Gasteiger partial charge in [-0.3, -0.25) is 48.9 Å². The molecule has 0 saturated heterocycles. The number of carbonyl (C=O) groups excluding carboxylic acids is 5. The number of anilines is 3. The SMILES string of the molecule is CC[C@@H](C)NCCC(=O)Nc1sc2c(c1-c1nc3cnccc3s1)CCNC2.CN(C)CCC(=O)Nc1sc2c(c1-c1nc3cnccc3s1)CCNC2.COCCCCCC(=O)Cc1sc2c(c1-c1nc3cnccc3s1)CCNC2.O=C(CCCCc1ncc[nH]1)Cc1sc2c(c1-c1nc3cnccc3s1)CCNC2.O=C(CCNCCc1ccccc1)Nc1sc2c(c1-c1nc3cnccc3s1)CCNC2.[HH].[HH]. The standard InChI is InChI=1S/C24H25N5OS2.C22H23N5OS2.C21H25N3O2S2.C20H25N5OS2.C18H21N5OS2.2H2/c30-21(9-13-25-10-6-16-4-2-1-3-5-16)29-24-22(17-7-11-27-15-20(17)32-24)23-28-18-14-26-12-8-19(18)31-23;28-14(3-1-2-4-20-25-9-10-26-20)11-18-21(15-5-7-24-13-19(15)29-18)22-27-16-12-23-8-6-17(16)30-22;1-26-10-4-2-3-5-14(25)11-18-20(15-6-8-23-13-19(15)27-18)21-24-16-12-22-9-7-17(16)28-21;1-3-12(2)23-9-6-17(26)25-20-18(13-4-7-22-11-16(13)28-20)19-24-14-10-21-8-5-15(14)27-19;1-23(2)8-5-15(24)22-18-16(11-3-6-20-10-14(11)26-18)17-21-12-9-19-7-4-13(12)25-17;;/h1-5,8,12,14,25,27H,6-7,9-11,13,15H2,(H,29,30);6,8-10,12,24H,1-5,7,11,13H2,(H,25,26);7,9,12,23H,2-6,8,10-11,13H2,1H3;5,8,10,12,22-23H,3-4,6-7,9,11H2,1-2H3,(H,25,26);4,7,9,20H,3,5-6,8,10H2,1-2H3,(H,22,24);2*1H/t;;;12-;;;/m...1.../s1. The molecule has 22 rings (SSSR count). The molecule has 5 aliphatic heterocycles. The van der Waals surface area contributed by atoms with Gasteiger partial charge in [0.1, 0.15) is 85.0 Å². The van der Waals surface area contributed by atoms with Gasteiger partial charge in [0.2, 0.25) is 17.7 Å². The Kier molecular flexibility index (Phi) is 36.8. The number of Topliss-reactive ketones (excluding diaryl/α,β-unsaturated/α-hetero) is 2. The smallest absolute Gasteiger partial charge is 0.226 e. The molecule has 21 heterocycles. The zero-order valence-electron chi connectivity index (χ0n) is 81.4. The van der Waals surface area contributed by atoms with Crippen LogP contribution in [0.1, 0.15) is 161 Å². The van der Waals surface area contributed by atoms with E-state index in [-0.39, 0.29) is 20.6 Å². The summed E-state index contributed by atoms with van der Waals surface area (Å²) < 4.78 is 10.7. The first-order valence-electron chi connectivity index (χ1n) is 49.4. The Morgan fingerprint density at radius 1 is 0.417 bits per heavy atom. The summed E-state index contributed by atoms with van der Waals surface area (Å²) in [5.41, 5.74) is 18.4. The molecule has 17 aromatic rings. The Hall–Kier alpha value is -10.5. The molecule has 0 spiro atoms. The third-order valence-electron chi connectivity index (χ3n) is 25.5. The molecular formula is C105H123N23O6S10. The van der Waals surface area contributed by atoms with Gasteiger partial charge in [0.15, 0.2) is 0 Å². The van der Waals surface area contributed by atoms with Crippen LogP contribution >= 0.6 is 113 Å². The highest BCUT2D eigenvalue weighted by molar-refractivity contribution is 7.25. The van der Waals surface area contributed by atoms with Crippen LogP contribution in [-0.4, -0.2) is 187 Å². The number of fused-ring (bicyclic) bond motifs is 10. The van der Waals surface area contributed by atoms with Crippen LogP contribution in [0.5, 0.6) is 0 Å². The minimum Gasteiger partial charge on any atom is -0.385 e. The van der Waals surface area contributed by atoms with Crippen molar-refractivity contribution in [3.05, 3.63) is 208 Å². The number of nitrogens with one attached hydrogen (secondary N) is 11. The highest BCUT2D eigenvalue weighted by atomic mass is 32.1. The lowest BCUT2D eigenvalue weighted by Crippen LogP contribution is -2.28. The first-order valence-corrected chi connectivity index (χ1v) is 57.6. The molecule has 29 nitrogen and oxygen atoms in total. The van der Waals surface area contributed by atoms with E-state index in [1.165, 1.54) is 78.6 Å². The second-order valence-corrected chi connectivity index (χ2v) is 46.9. The second-order valence-electron chi connectivity index (χ2n) is 36.1. The summed E-state index contributed by atoms with van der Waals surface area (Å²) in [5.74, 6) is 1.76. The number of aryl methyl sites for hydroxylation is 1. The molecular weight excluding hydrogens is 2000 g/mol. The lowest BCUT2D eigenvalue weighted by atomic mass is 10.00. The van der Waals surface area contributed by atoms with E-state index >= 15 is 0 Å². The number of amides is 3. The summed E-state index contributed by atoms with van der Waals surface area (Å²) in [5, 5.41) is 41.2. The van der Waals surface area contributed by atoms with E-state index < -0.39 is 0 Å². The fourth-order valence-electron chi connectivity index (χ4n) is 17.9. The van der Waals surface area contributed by atoms with Crippen molar-refractivity contribution in [1.29, 1.82) is 0 Å². The number of H-pyrrole nitrogens is 1. The average Bonchev–Trinajstić information content (AvgIpc) is 1.64. The predicted octanol–water partition coefficient (Wildman–Crippen LogP) is 20.2. The summed E-state index contributed by atoms with van der Waals surface area (Å²) >= 11 is 17.0. The topological polar surface area (TPSA) is 376 Å². The molecule has 144 heavy (non-hydrogen) atoms. The third kappa shape index (κ3) is 26.7. The van der Waals surface area contributed by atoms with Gasteiger partial charge in [-0.05, 0) is 195 Å². The lowest BCUT2D eigenvalue weighted by Gasteiger charge is -2.13. The number of carbonyl (C=O) groups is 5. The van der Waals surface area contributed by atoms with Gasteiger partial charge >= 0.3 is 0 Å². The van der Waals surface area contributed by atoms with Gasteiger partial charge in [-0.2, -0.15) is 0 Å². The monoisotopic (exact) mass is 2120 g/mol. The Labute approximate surface area is 879 Å². The molecule has 0 fully saturated rings. The van der Waals surface area contributed by atoms with Crippen molar-refractivity contribution in [2.45, 2.75) is 181 Å². The zero-order valence-corrected chi connectivity index (χ0v) is 89.6. The van der Waals surface area contributed by atoms with Crippen LogP contribution in [0.25, 0.3) is 104 Å². The van der Waals surface area contributed by atoms with E-state index in [0.717, 1.165) is 282 Å². The van der Waals surface area contributed by atoms with E-state index in [0.29, 0.717) is 75.6 Å². The molecule has 16 aromatic heterocycles. The number of methoxy groups -OCH3 is 1. The van der Waals surface area contributed by atoms with Gasteiger partial charge in [0.25, 0.3) is 0 Å². The molecule has 5 aliphatic rings. The number of pyridine rings is 5. The van der Waals surface area contributed by atoms with E-state index in [1.807, 2.05) is 86.4 Å². The highest BCUT2D eigenvalue weighted by Crippen LogP contribution is 2.50. The molecule has 0 bridgehead atoms. The maximum Gasteiger partial charge on any atom is 0.226 e. The Balaban J connectivity index is 0.000000130. The maximum atomic E-state index is 12.8. The van der Waals surface area contributed by atoms with Gasteiger partial charge in [0.05, 0.1) is 54.5 Å². The maximum absolute atomic E-state index is 12.8. The van der Waals surface area contributed by atoms with Gasteiger partial charge in [-0.25, -0.2) is 29.9 Å². The highest BCUT2D eigenvalue weighted by Gasteiger charge is 2.32. The van der Waals surface area contributed by atoms with Crippen molar-refractivity contribution >= 4 is 209 Å². The van der Waals surface area contributed by atoms with Crippen LogP contribution in [0.4, 0.5) is 15.0 Å². The first-order chi connectivity index (χ1) is 70.6. The molecule has 0 unspecified atom stereocenters. The minimum absolute atomic E-state index is 0. The van der Waals surface area contributed by atoms with Crippen molar-refractivity contribution in [1.82, 2.24) is 102 Å². The van der Waals surface area contributed by atoms with Crippen LogP contribution in [0, 0.1) is 0 Å². The number of thiazole rings is 5. The Morgan fingerprint density at radius 2 is 0.792 bits per heavy atom. The predicted molar refractivity (Wildman–Crippen MR) is 598 cm³/mol. The quantitative estimate of drug-likeness (QED) is 0.0161. The normalized spacial score (nSPS) is 13.8. The zero-order chi connectivity index (χ0) is 99.0. The van der Waals surface area contributed by atoms with E-state index in [9.17, 15) is 24.0 Å². The van der Waals surface area contributed by atoms with Crippen LogP contribution < -0.4 is 53.2 Å². The molecule has 0 aliphatic carbocycles. The number of aromatic amines is 1. The molecule has 11 N–H and O–H groups in total. The molecule has 0 radical (unpaired) electrons. The summed E-state index contributed by atoms with van der Waals surface area (Å²) in [4.78, 5) is 127. The number of hydrogen-bond acceptors (Lipinski definition) is 35. The summed E-state index contributed by atoms with van der Waals surface area (Å²) in [7, 11) is 5.67. The molecule has 1 aromatic carbocycles. The van der Waals surface area contributed by atoms with Crippen molar-refractivity contribution < 1.29 is 31.6 Å². The number of hydrogen-bond donors (Lipinski definition) is 11.